The maximum absolute atomic E-state index is 12.4. The van der Waals surface area contributed by atoms with Gasteiger partial charge in [0, 0.05) is 25.0 Å². The number of nitrogens with zero attached hydrogens (tertiary/aromatic N) is 2. The van der Waals surface area contributed by atoms with Crippen molar-refractivity contribution in [3.05, 3.63) is 24.5 Å². The van der Waals surface area contributed by atoms with Crippen LogP contribution >= 0.6 is 0 Å². The molecule has 1 aromatic heterocycles. The molecule has 0 unspecified atom stereocenters. The van der Waals surface area contributed by atoms with E-state index in [1.807, 2.05) is 0 Å². The topological polar surface area (TPSA) is 76.3 Å². The molecule has 94 valence electrons. The van der Waals surface area contributed by atoms with Crippen molar-refractivity contribution in [2.75, 3.05) is 13.1 Å². The van der Waals surface area contributed by atoms with E-state index in [0.29, 0.717) is 19.5 Å². The molecule has 0 bridgehead atoms. The third-order valence-electron chi connectivity index (χ3n) is 2.78. The van der Waals surface area contributed by atoms with Crippen LogP contribution < -0.4 is 5.73 Å². The summed E-state index contributed by atoms with van der Waals surface area (Å²) in [5.74, 6) is 0. The summed E-state index contributed by atoms with van der Waals surface area (Å²) in [7, 11) is -3.39. The van der Waals surface area contributed by atoms with Gasteiger partial charge in [0.25, 0.3) is 0 Å². The van der Waals surface area contributed by atoms with Gasteiger partial charge in [-0.25, -0.2) is 8.42 Å². The van der Waals surface area contributed by atoms with Crippen LogP contribution in [0.25, 0.3) is 0 Å². The fourth-order valence-electron chi connectivity index (χ4n) is 1.74. The number of nitrogens with two attached hydrogens (primary N) is 1. The van der Waals surface area contributed by atoms with E-state index in [2.05, 4.69) is 4.98 Å². The van der Waals surface area contributed by atoms with Crippen LogP contribution in [0.5, 0.6) is 0 Å². The van der Waals surface area contributed by atoms with Crippen molar-refractivity contribution in [1.82, 2.24) is 9.29 Å². The second-order valence-electron chi connectivity index (χ2n) is 4.18. The summed E-state index contributed by atoms with van der Waals surface area (Å²) >= 11 is 0. The molecule has 1 aliphatic rings. The van der Waals surface area contributed by atoms with Crippen LogP contribution in [0.4, 0.5) is 0 Å². The van der Waals surface area contributed by atoms with Crippen molar-refractivity contribution < 1.29 is 8.42 Å². The summed E-state index contributed by atoms with van der Waals surface area (Å²) in [6.07, 6.45) is 5.55. The van der Waals surface area contributed by atoms with E-state index < -0.39 is 10.0 Å². The number of rotatable bonds is 6. The minimum absolute atomic E-state index is 0.159. The summed E-state index contributed by atoms with van der Waals surface area (Å²) in [4.78, 5) is 4.13. The van der Waals surface area contributed by atoms with Crippen LogP contribution in [-0.2, 0) is 10.0 Å². The van der Waals surface area contributed by atoms with Gasteiger partial charge in [-0.05, 0) is 37.9 Å². The van der Waals surface area contributed by atoms with Crippen LogP contribution in [0, 0.1) is 0 Å². The Hall–Kier alpha value is -0.980. The van der Waals surface area contributed by atoms with Crippen molar-refractivity contribution in [3.63, 3.8) is 0 Å². The summed E-state index contributed by atoms with van der Waals surface area (Å²) in [6, 6.07) is 3.38. The lowest BCUT2D eigenvalue weighted by molar-refractivity contribution is 0.399. The molecular weight excluding hydrogens is 238 g/mol. The lowest BCUT2D eigenvalue weighted by atomic mass is 10.4. The van der Waals surface area contributed by atoms with Crippen molar-refractivity contribution in [2.24, 2.45) is 5.73 Å². The predicted molar refractivity (Wildman–Crippen MR) is 64.8 cm³/mol. The minimum Gasteiger partial charge on any atom is -0.330 e. The first-order valence-corrected chi connectivity index (χ1v) is 7.22. The lowest BCUT2D eigenvalue weighted by Gasteiger charge is -2.21. The zero-order chi connectivity index (χ0) is 12.3. The molecule has 5 nitrogen and oxygen atoms in total. The third-order valence-corrected chi connectivity index (χ3v) is 4.71. The van der Waals surface area contributed by atoms with Gasteiger partial charge in [-0.15, -0.1) is 0 Å². The fraction of sp³-hybridized carbons (Fsp3) is 0.545. The summed E-state index contributed by atoms with van der Waals surface area (Å²) in [6.45, 7) is 1.00. The molecule has 1 saturated carbocycles. The van der Waals surface area contributed by atoms with Crippen molar-refractivity contribution in [3.8, 4) is 0 Å². The van der Waals surface area contributed by atoms with Crippen LogP contribution in [-0.4, -0.2) is 36.8 Å². The Kier molecular flexibility index (Phi) is 3.76. The molecule has 6 heteroatoms. The Morgan fingerprint density at radius 1 is 1.47 bits per heavy atom. The molecule has 1 aromatic rings. The monoisotopic (exact) mass is 255 g/mol. The van der Waals surface area contributed by atoms with Gasteiger partial charge in [0.05, 0.1) is 0 Å². The lowest BCUT2D eigenvalue weighted by Crippen LogP contribution is -2.35. The second-order valence-corrected chi connectivity index (χ2v) is 6.07. The predicted octanol–water partition coefficient (Wildman–Crippen LogP) is 0.583. The smallest absolute Gasteiger partial charge is 0.244 e. The third kappa shape index (κ3) is 2.83. The van der Waals surface area contributed by atoms with Gasteiger partial charge in [-0.3, -0.25) is 4.98 Å². The maximum atomic E-state index is 12.4. The highest BCUT2D eigenvalue weighted by molar-refractivity contribution is 7.89. The summed E-state index contributed by atoms with van der Waals surface area (Å²) < 4.78 is 26.3. The molecule has 1 heterocycles. The van der Waals surface area contributed by atoms with E-state index in [0.717, 1.165) is 12.8 Å². The Morgan fingerprint density at radius 2 is 2.24 bits per heavy atom. The van der Waals surface area contributed by atoms with Crippen LogP contribution in [0.3, 0.4) is 0 Å². The quantitative estimate of drug-likeness (QED) is 0.807. The van der Waals surface area contributed by atoms with E-state index in [4.69, 9.17) is 5.73 Å². The number of sulfonamides is 1. The number of aromatic nitrogens is 1. The largest absolute Gasteiger partial charge is 0.330 e. The van der Waals surface area contributed by atoms with Crippen LogP contribution in [0.2, 0.25) is 0 Å². The zero-order valence-corrected chi connectivity index (χ0v) is 10.4. The molecule has 0 atom stereocenters. The van der Waals surface area contributed by atoms with E-state index in [-0.39, 0.29) is 10.9 Å². The zero-order valence-electron chi connectivity index (χ0n) is 9.62. The van der Waals surface area contributed by atoms with Crippen LogP contribution in [0.15, 0.2) is 29.4 Å². The van der Waals surface area contributed by atoms with E-state index in [1.54, 1.807) is 22.6 Å². The average Bonchev–Trinajstić information content (AvgIpc) is 3.15. The Labute approximate surface area is 102 Å². The molecule has 0 spiro atoms. The van der Waals surface area contributed by atoms with Gasteiger partial charge in [-0.1, -0.05) is 0 Å². The molecule has 0 amide bonds. The standard InChI is InChI=1S/C11H17N3O2S/c12-6-2-8-14(10-4-5-10)17(15,16)11-3-1-7-13-9-11/h1,3,7,9-10H,2,4-6,8,12H2. The molecule has 17 heavy (non-hydrogen) atoms. The van der Waals surface area contributed by atoms with Gasteiger partial charge in [0.15, 0.2) is 0 Å². The highest BCUT2D eigenvalue weighted by atomic mass is 32.2. The summed E-state index contributed by atoms with van der Waals surface area (Å²) in [5.41, 5.74) is 5.45. The van der Waals surface area contributed by atoms with Gasteiger partial charge < -0.3 is 5.73 Å². The molecule has 0 saturated heterocycles. The first-order chi connectivity index (χ1) is 8.16. The Bertz CT molecular complexity index is 457. The number of hydrogen-bond donors (Lipinski definition) is 1. The average molecular weight is 255 g/mol. The first kappa shape index (κ1) is 12.5. The van der Waals surface area contributed by atoms with Crippen molar-refractivity contribution in [2.45, 2.75) is 30.2 Å². The Balaban J connectivity index is 2.22. The maximum Gasteiger partial charge on any atom is 0.244 e. The highest BCUT2D eigenvalue weighted by Crippen LogP contribution is 2.31. The molecule has 0 aliphatic heterocycles. The summed E-state index contributed by atoms with van der Waals surface area (Å²) in [5, 5.41) is 0. The SMILES string of the molecule is NCCCN(C1CC1)S(=O)(=O)c1cccnc1. The van der Waals surface area contributed by atoms with Gasteiger partial charge in [0.2, 0.25) is 10.0 Å². The van der Waals surface area contributed by atoms with E-state index in [1.165, 1.54) is 6.20 Å². The van der Waals surface area contributed by atoms with Crippen molar-refractivity contribution >= 4 is 10.0 Å². The molecular formula is C11H17N3O2S. The molecule has 2 rings (SSSR count). The van der Waals surface area contributed by atoms with Gasteiger partial charge in [0.1, 0.15) is 4.90 Å². The normalized spacial score (nSPS) is 16.4. The number of pyridine rings is 1. The molecule has 2 N–H and O–H groups in total. The van der Waals surface area contributed by atoms with Crippen LogP contribution in [0.1, 0.15) is 19.3 Å². The first-order valence-electron chi connectivity index (χ1n) is 5.78. The number of hydrogen-bond acceptors (Lipinski definition) is 4. The minimum atomic E-state index is -3.39. The molecule has 1 aliphatic carbocycles. The highest BCUT2D eigenvalue weighted by Gasteiger charge is 2.37. The van der Waals surface area contributed by atoms with E-state index >= 15 is 0 Å². The second kappa shape index (κ2) is 5.12. The van der Waals surface area contributed by atoms with E-state index in [9.17, 15) is 8.42 Å². The van der Waals surface area contributed by atoms with Crippen molar-refractivity contribution in [1.29, 1.82) is 0 Å². The van der Waals surface area contributed by atoms with Gasteiger partial charge >= 0.3 is 0 Å². The molecule has 0 aromatic carbocycles. The van der Waals surface area contributed by atoms with Gasteiger partial charge in [-0.2, -0.15) is 4.31 Å². The fourth-order valence-corrected chi connectivity index (χ4v) is 3.43. The Morgan fingerprint density at radius 3 is 2.76 bits per heavy atom. The molecule has 1 fully saturated rings. The molecule has 0 radical (unpaired) electrons.